The van der Waals surface area contributed by atoms with Crippen molar-refractivity contribution in [3.63, 3.8) is 0 Å². The van der Waals surface area contributed by atoms with E-state index in [9.17, 15) is 17.6 Å². The van der Waals surface area contributed by atoms with E-state index < -0.39 is 10.0 Å². The molecule has 0 aliphatic carbocycles. The molecule has 2 N–H and O–H groups in total. The lowest BCUT2D eigenvalue weighted by Crippen LogP contribution is -2.29. The van der Waals surface area contributed by atoms with E-state index in [4.69, 9.17) is 0 Å². The van der Waals surface area contributed by atoms with Crippen LogP contribution in [0.5, 0.6) is 0 Å². The van der Waals surface area contributed by atoms with Gasteiger partial charge in [0, 0.05) is 19.5 Å². The fourth-order valence-electron chi connectivity index (χ4n) is 1.85. The van der Waals surface area contributed by atoms with Gasteiger partial charge in [0.2, 0.25) is 15.9 Å². The van der Waals surface area contributed by atoms with Gasteiger partial charge in [0.15, 0.2) is 0 Å². The SMILES string of the molecule is C[C@@H](CC(=O)NCCCNS(C)(=O)=O)c1cccc(F)c1. The molecule has 0 aromatic heterocycles. The van der Waals surface area contributed by atoms with Crippen LogP contribution in [0.15, 0.2) is 24.3 Å². The normalized spacial score (nSPS) is 12.9. The molecule has 0 saturated heterocycles. The van der Waals surface area contributed by atoms with E-state index in [2.05, 4.69) is 10.0 Å². The number of carbonyl (C=O) groups is 1. The van der Waals surface area contributed by atoms with Crippen molar-refractivity contribution in [3.8, 4) is 0 Å². The number of halogens is 1. The summed E-state index contributed by atoms with van der Waals surface area (Å²) in [5.41, 5.74) is 0.781. The standard InChI is InChI=1S/C14H21FN2O3S/c1-11(12-5-3-6-13(15)10-12)9-14(18)16-7-4-8-17-21(2,19)20/h3,5-6,10-11,17H,4,7-9H2,1-2H3,(H,16,18)/t11-/m0/s1. The van der Waals surface area contributed by atoms with Gasteiger partial charge < -0.3 is 5.32 Å². The summed E-state index contributed by atoms with van der Waals surface area (Å²) < 4.78 is 37.1. The van der Waals surface area contributed by atoms with Crippen molar-refractivity contribution in [2.75, 3.05) is 19.3 Å². The Labute approximate surface area is 125 Å². The van der Waals surface area contributed by atoms with Crippen LogP contribution in [0.2, 0.25) is 0 Å². The molecule has 0 radical (unpaired) electrons. The van der Waals surface area contributed by atoms with E-state index in [1.807, 2.05) is 6.92 Å². The number of benzene rings is 1. The minimum Gasteiger partial charge on any atom is -0.356 e. The zero-order chi connectivity index (χ0) is 15.9. The van der Waals surface area contributed by atoms with Crippen LogP contribution in [0.4, 0.5) is 4.39 Å². The van der Waals surface area contributed by atoms with Crippen molar-refractivity contribution in [3.05, 3.63) is 35.6 Å². The van der Waals surface area contributed by atoms with Crippen LogP contribution in [0.1, 0.15) is 31.2 Å². The first kappa shape index (κ1) is 17.6. The van der Waals surface area contributed by atoms with Crippen molar-refractivity contribution in [2.45, 2.75) is 25.7 Å². The minimum absolute atomic E-state index is 0.0742. The minimum atomic E-state index is -3.18. The number of hydrogen-bond donors (Lipinski definition) is 2. The second-order valence-electron chi connectivity index (χ2n) is 5.03. The molecule has 0 unspecified atom stereocenters. The molecule has 1 aromatic rings. The first-order chi connectivity index (χ1) is 9.78. The molecule has 1 rings (SSSR count). The van der Waals surface area contributed by atoms with Crippen LogP contribution in [0.3, 0.4) is 0 Å². The summed E-state index contributed by atoms with van der Waals surface area (Å²) in [6, 6.07) is 6.20. The predicted molar refractivity (Wildman–Crippen MR) is 79.9 cm³/mol. The Hall–Kier alpha value is -1.47. The van der Waals surface area contributed by atoms with Gasteiger partial charge in [-0.3, -0.25) is 4.79 Å². The van der Waals surface area contributed by atoms with Gasteiger partial charge in [-0.2, -0.15) is 0 Å². The van der Waals surface area contributed by atoms with E-state index in [0.717, 1.165) is 11.8 Å². The van der Waals surface area contributed by atoms with Gasteiger partial charge in [0.25, 0.3) is 0 Å². The number of amides is 1. The van der Waals surface area contributed by atoms with Gasteiger partial charge in [0.05, 0.1) is 6.26 Å². The van der Waals surface area contributed by atoms with Gasteiger partial charge in [-0.05, 0) is 30.0 Å². The Morgan fingerprint density at radius 2 is 2.05 bits per heavy atom. The molecule has 0 heterocycles. The van der Waals surface area contributed by atoms with E-state index >= 15 is 0 Å². The molecule has 1 amide bonds. The van der Waals surface area contributed by atoms with Crippen molar-refractivity contribution < 1.29 is 17.6 Å². The highest BCUT2D eigenvalue weighted by Gasteiger charge is 2.11. The number of carbonyl (C=O) groups excluding carboxylic acids is 1. The summed E-state index contributed by atoms with van der Waals surface area (Å²) in [4.78, 5) is 11.7. The Kier molecular flexibility index (Phi) is 6.77. The third-order valence-electron chi connectivity index (χ3n) is 2.95. The molecule has 0 spiro atoms. The van der Waals surface area contributed by atoms with Crippen LogP contribution < -0.4 is 10.0 Å². The Balaban J connectivity index is 2.27. The molecule has 1 aromatic carbocycles. The van der Waals surface area contributed by atoms with E-state index in [1.54, 1.807) is 12.1 Å². The van der Waals surface area contributed by atoms with E-state index in [0.29, 0.717) is 19.5 Å². The van der Waals surface area contributed by atoms with Gasteiger partial charge in [-0.1, -0.05) is 19.1 Å². The van der Waals surface area contributed by atoms with Gasteiger partial charge in [0.1, 0.15) is 5.82 Å². The second kappa shape index (κ2) is 8.09. The molecule has 0 saturated carbocycles. The highest BCUT2D eigenvalue weighted by molar-refractivity contribution is 7.88. The Bertz CT molecular complexity index is 575. The van der Waals surface area contributed by atoms with Crippen molar-refractivity contribution >= 4 is 15.9 Å². The second-order valence-corrected chi connectivity index (χ2v) is 6.86. The number of sulfonamides is 1. The topological polar surface area (TPSA) is 75.3 Å². The van der Waals surface area contributed by atoms with Gasteiger partial charge >= 0.3 is 0 Å². The number of rotatable bonds is 8. The lowest BCUT2D eigenvalue weighted by molar-refractivity contribution is -0.121. The largest absolute Gasteiger partial charge is 0.356 e. The quantitative estimate of drug-likeness (QED) is 0.711. The lowest BCUT2D eigenvalue weighted by Gasteiger charge is -2.12. The maximum absolute atomic E-state index is 13.1. The van der Waals surface area contributed by atoms with Crippen molar-refractivity contribution in [1.82, 2.24) is 10.0 Å². The summed E-state index contributed by atoms with van der Waals surface area (Å²) in [6.45, 7) is 2.55. The van der Waals surface area contributed by atoms with E-state index in [1.165, 1.54) is 12.1 Å². The lowest BCUT2D eigenvalue weighted by atomic mass is 9.97. The molecular formula is C14H21FN2O3S. The molecule has 0 fully saturated rings. The summed E-state index contributed by atoms with van der Waals surface area (Å²) in [5, 5.41) is 2.72. The number of hydrogen-bond acceptors (Lipinski definition) is 3. The average molecular weight is 316 g/mol. The summed E-state index contributed by atoms with van der Waals surface area (Å²) in [5.74, 6) is -0.521. The molecular weight excluding hydrogens is 295 g/mol. The van der Waals surface area contributed by atoms with Gasteiger partial charge in [-0.25, -0.2) is 17.5 Å². The fraction of sp³-hybridized carbons (Fsp3) is 0.500. The first-order valence-corrected chi connectivity index (χ1v) is 8.64. The highest BCUT2D eigenvalue weighted by atomic mass is 32.2. The zero-order valence-electron chi connectivity index (χ0n) is 12.2. The van der Waals surface area contributed by atoms with Crippen molar-refractivity contribution in [2.24, 2.45) is 0 Å². The molecule has 0 bridgehead atoms. The molecule has 0 aliphatic rings. The van der Waals surface area contributed by atoms with Crippen LogP contribution in [-0.4, -0.2) is 33.7 Å². The Morgan fingerprint density at radius 1 is 1.33 bits per heavy atom. The van der Waals surface area contributed by atoms with Crippen LogP contribution in [0, 0.1) is 5.82 Å². The average Bonchev–Trinajstić information content (AvgIpc) is 2.36. The van der Waals surface area contributed by atoms with E-state index in [-0.39, 0.29) is 24.1 Å². The molecule has 5 nitrogen and oxygen atoms in total. The summed E-state index contributed by atoms with van der Waals surface area (Å²) in [7, 11) is -3.18. The monoisotopic (exact) mass is 316 g/mol. The molecule has 0 aliphatic heterocycles. The maximum Gasteiger partial charge on any atom is 0.220 e. The first-order valence-electron chi connectivity index (χ1n) is 6.75. The van der Waals surface area contributed by atoms with Crippen LogP contribution in [0.25, 0.3) is 0 Å². The van der Waals surface area contributed by atoms with Crippen LogP contribution in [-0.2, 0) is 14.8 Å². The summed E-state index contributed by atoms with van der Waals surface area (Å²) in [6.07, 6.45) is 1.88. The smallest absolute Gasteiger partial charge is 0.220 e. The molecule has 21 heavy (non-hydrogen) atoms. The molecule has 1 atom stereocenters. The zero-order valence-corrected chi connectivity index (χ0v) is 13.0. The van der Waals surface area contributed by atoms with Gasteiger partial charge in [-0.15, -0.1) is 0 Å². The predicted octanol–water partition coefficient (Wildman–Crippen LogP) is 1.37. The van der Waals surface area contributed by atoms with Crippen molar-refractivity contribution in [1.29, 1.82) is 0 Å². The third-order valence-corrected chi connectivity index (χ3v) is 3.68. The molecule has 7 heteroatoms. The maximum atomic E-state index is 13.1. The molecule has 118 valence electrons. The number of nitrogens with one attached hydrogen (secondary N) is 2. The third kappa shape index (κ3) is 7.77. The van der Waals surface area contributed by atoms with Crippen LogP contribution >= 0.6 is 0 Å². The Morgan fingerprint density at radius 3 is 2.67 bits per heavy atom. The fourth-order valence-corrected chi connectivity index (χ4v) is 2.37. The highest BCUT2D eigenvalue weighted by Crippen LogP contribution is 2.19. The summed E-state index contributed by atoms with van der Waals surface area (Å²) >= 11 is 0.